The summed E-state index contributed by atoms with van der Waals surface area (Å²) in [7, 11) is 0. The summed E-state index contributed by atoms with van der Waals surface area (Å²) >= 11 is 0. The summed E-state index contributed by atoms with van der Waals surface area (Å²) in [5.41, 5.74) is 0. The summed E-state index contributed by atoms with van der Waals surface area (Å²) in [5.74, 6) is 2.98. The molecule has 106 valence electrons. The number of hydrogen-bond acceptors (Lipinski definition) is 1. The van der Waals surface area contributed by atoms with Crippen molar-refractivity contribution in [2.24, 2.45) is 17.8 Å². The van der Waals surface area contributed by atoms with Gasteiger partial charge in [0, 0.05) is 6.04 Å². The molecular formula is C17H33N. The first-order valence-corrected chi connectivity index (χ1v) is 8.56. The molecule has 0 radical (unpaired) electrons. The van der Waals surface area contributed by atoms with Gasteiger partial charge in [-0.05, 0) is 50.0 Å². The highest BCUT2D eigenvalue weighted by Gasteiger charge is 2.28. The predicted octanol–water partition coefficient (Wildman–Crippen LogP) is 4.76. The maximum Gasteiger partial charge on any atom is 0.00683 e. The van der Waals surface area contributed by atoms with Crippen LogP contribution in [0.1, 0.15) is 78.1 Å². The fourth-order valence-electron chi connectivity index (χ4n) is 3.70. The van der Waals surface area contributed by atoms with Gasteiger partial charge >= 0.3 is 0 Å². The van der Waals surface area contributed by atoms with Crippen LogP contribution in [0.4, 0.5) is 0 Å². The fourth-order valence-corrected chi connectivity index (χ4v) is 3.70. The normalized spacial score (nSPS) is 29.5. The highest BCUT2D eigenvalue weighted by Crippen LogP contribution is 2.35. The molecule has 2 atom stereocenters. The van der Waals surface area contributed by atoms with E-state index in [1.165, 1.54) is 70.8 Å². The monoisotopic (exact) mass is 251 g/mol. The van der Waals surface area contributed by atoms with Crippen molar-refractivity contribution >= 4 is 0 Å². The van der Waals surface area contributed by atoms with Crippen molar-refractivity contribution in [3.63, 3.8) is 0 Å². The van der Waals surface area contributed by atoms with Gasteiger partial charge in [0.25, 0.3) is 0 Å². The van der Waals surface area contributed by atoms with Gasteiger partial charge in [-0.3, -0.25) is 0 Å². The molecule has 0 spiro atoms. The molecule has 0 aromatic carbocycles. The van der Waals surface area contributed by atoms with E-state index >= 15 is 0 Å². The molecule has 2 aliphatic rings. The average molecular weight is 251 g/mol. The number of nitrogens with one attached hydrogen (secondary N) is 1. The van der Waals surface area contributed by atoms with E-state index in [1.807, 2.05) is 0 Å². The van der Waals surface area contributed by atoms with Gasteiger partial charge < -0.3 is 5.32 Å². The lowest BCUT2D eigenvalue weighted by Gasteiger charge is -2.28. The van der Waals surface area contributed by atoms with Gasteiger partial charge in [0.1, 0.15) is 0 Å². The molecule has 1 heteroatoms. The Hall–Kier alpha value is -0.0400. The molecule has 2 aliphatic carbocycles. The Morgan fingerprint density at radius 3 is 2.17 bits per heavy atom. The molecule has 1 N–H and O–H groups in total. The van der Waals surface area contributed by atoms with E-state index in [0.717, 1.165) is 23.8 Å². The first kappa shape index (κ1) is 14.4. The van der Waals surface area contributed by atoms with Crippen molar-refractivity contribution in [1.29, 1.82) is 0 Å². The third-order valence-corrected chi connectivity index (χ3v) is 5.35. The highest BCUT2D eigenvalue weighted by molar-refractivity contribution is 4.84. The van der Waals surface area contributed by atoms with Gasteiger partial charge in [0.15, 0.2) is 0 Å². The third-order valence-electron chi connectivity index (χ3n) is 5.35. The molecule has 18 heavy (non-hydrogen) atoms. The Morgan fingerprint density at radius 2 is 1.56 bits per heavy atom. The fraction of sp³-hybridized carbons (Fsp3) is 1.00. The maximum atomic E-state index is 3.79. The van der Waals surface area contributed by atoms with E-state index in [-0.39, 0.29) is 0 Å². The van der Waals surface area contributed by atoms with Crippen molar-refractivity contribution < 1.29 is 0 Å². The molecule has 2 rings (SSSR count). The first-order valence-electron chi connectivity index (χ1n) is 8.56. The standard InChI is InChI=1S/C17H33N/c1-3-14(4-2)12-15-8-6-5-7-9-16(15)13-18-17-10-11-17/h14-18H,3-13H2,1-2H3. The molecular weight excluding hydrogens is 218 g/mol. The second-order valence-electron chi connectivity index (χ2n) is 6.76. The number of rotatable bonds is 7. The minimum absolute atomic E-state index is 0.891. The van der Waals surface area contributed by atoms with Crippen molar-refractivity contribution in [2.75, 3.05) is 6.54 Å². The lowest BCUT2D eigenvalue weighted by Crippen LogP contribution is -2.30. The SMILES string of the molecule is CCC(CC)CC1CCCCCC1CNC1CC1. The smallest absolute Gasteiger partial charge is 0.00683 e. The summed E-state index contributed by atoms with van der Waals surface area (Å²) in [6.07, 6.45) is 14.6. The van der Waals surface area contributed by atoms with E-state index in [9.17, 15) is 0 Å². The van der Waals surface area contributed by atoms with Crippen LogP contribution in [0.5, 0.6) is 0 Å². The molecule has 0 aromatic heterocycles. The predicted molar refractivity (Wildman–Crippen MR) is 79.8 cm³/mol. The van der Waals surface area contributed by atoms with Gasteiger partial charge in [-0.25, -0.2) is 0 Å². The van der Waals surface area contributed by atoms with E-state index in [2.05, 4.69) is 19.2 Å². The van der Waals surface area contributed by atoms with Gasteiger partial charge in [-0.1, -0.05) is 52.4 Å². The molecule has 2 saturated carbocycles. The van der Waals surface area contributed by atoms with E-state index in [4.69, 9.17) is 0 Å². The summed E-state index contributed by atoms with van der Waals surface area (Å²) in [6.45, 7) is 6.07. The van der Waals surface area contributed by atoms with Crippen molar-refractivity contribution in [2.45, 2.75) is 84.1 Å². The van der Waals surface area contributed by atoms with Crippen molar-refractivity contribution in [3.8, 4) is 0 Å². The van der Waals surface area contributed by atoms with E-state index in [0.29, 0.717) is 0 Å². The molecule has 2 unspecified atom stereocenters. The quantitative estimate of drug-likeness (QED) is 0.643. The van der Waals surface area contributed by atoms with Crippen LogP contribution in [0.3, 0.4) is 0 Å². The summed E-state index contributed by atoms with van der Waals surface area (Å²) < 4.78 is 0. The van der Waals surface area contributed by atoms with Gasteiger partial charge in [0.05, 0.1) is 0 Å². The topological polar surface area (TPSA) is 12.0 Å². The van der Waals surface area contributed by atoms with Gasteiger partial charge in [-0.15, -0.1) is 0 Å². The third kappa shape index (κ3) is 4.57. The maximum absolute atomic E-state index is 3.79. The Kier molecular flexibility index (Phi) is 6.01. The summed E-state index contributed by atoms with van der Waals surface area (Å²) in [5, 5.41) is 3.79. The van der Waals surface area contributed by atoms with Crippen LogP contribution in [0.25, 0.3) is 0 Å². The van der Waals surface area contributed by atoms with E-state index in [1.54, 1.807) is 0 Å². The zero-order valence-electron chi connectivity index (χ0n) is 12.6. The molecule has 2 fully saturated rings. The van der Waals surface area contributed by atoms with Crippen LogP contribution >= 0.6 is 0 Å². The van der Waals surface area contributed by atoms with Crippen molar-refractivity contribution in [3.05, 3.63) is 0 Å². The number of hydrogen-bond donors (Lipinski definition) is 1. The molecule has 0 aliphatic heterocycles. The minimum Gasteiger partial charge on any atom is -0.314 e. The van der Waals surface area contributed by atoms with Crippen LogP contribution in [0, 0.1) is 17.8 Å². The van der Waals surface area contributed by atoms with Gasteiger partial charge in [0.2, 0.25) is 0 Å². The summed E-state index contributed by atoms with van der Waals surface area (Å²) in [4.78, 5) is 0. The van der Waals surface area contributed by atoms with Crippen LogP contribution in [0.2, 0.25) is 0 Å². The zero-order valence-corrected chi connectivity index (χ0v) is 12.6. The Bertz CT molecular complexity index is 218. The Labute approximate surface area is 114 Å². The van der Waals surface area contributed by atoms with Crippen molar-refractivity contribution in [1.82, 2.24) is 5.32 Å². The first-order chi connectivity index (χ1) is 8.83. The lowest BCUT2D eigenvalue weighted by molar-refractivity contribution is 0.237. The van der Waals surface area contributed by atoms with Gasteiger partial charge in [-0.2, -0.15) is 0 Å². The Morgan fingerprint density at radius 1 is 0.889 bits per heavy atom. The van der Waals surface area contributed by atoms with Crippen LogP contribution in [-0.2, 0) is 0 Å². The van der Waals surface area contributed by atoms with Crippen LogP contribution in [-0.4, -0.2) is 12.6 Å². The highest BCUT2D eigenvalue weighted by atomic mass is 14.9. The molecule has 0 aromatic rings. The molecule has 0 heterocycles. The molecule has 0 saturated heterocycles. The minimum atomic E-state index is 0.891. The molecule has 0 amide bonds. The zero-order chi connectivity index (χ0) is 12.8. The largest absolute Gasteiger partial charge is 0.314 e. The second kappa shape index (κ2) is 7.53. The lowest BCUT2D eigenvalue weighted by atomic mass is 9.79. The average Bonchev–Trinajstić information content (AvgIpc) is 3.21. The summed E-state index contributed by atoms with van der Waals surface area (Å²) in [6, 6.07) is 0.891. The van der Waals surface area contributed by atoms with Crippen LogP contribution < -0.4 is 5.32 Å². The molecule has 1 nitrogen and oxygen atoms in total. The van der Waals surface area contributed by atoms with Crippen LogP contribution in [0.15, 0.2) is 0 Å². The molecule has 0 bridgehead atoms. The van der Waals surface area contributed by atoms with E-state index < -0.39 is 0 Å². The Balaban J connectivity index is 1.83. The second-order valence-corrected chi connectivity index (χ2v) is 6.76.